The summed E-state index contributed by atoms with van der Waals surface area (Å²) in [5.74, 6) is -0.214. The van der Waals surface area contributed by atoms with Crippen LogP contribution in [-0.4, -0.2) is 66.8 Å². The van der Waals surface area contributed by atoms with Crippen molar-refractivity contribution in [2.45, 2.75) is 58.2 Å². The van der Waals surface area contributed by atoms with E-state index < -0.39 is 5.60 Å². The minimum atomic E-state index is -0.481. The Hall–Kier alpha value is -1.30. The van der Waals surface area contributed by atoms with Crippen molar-refractivity contribution < 1.29 is 19.1 Å². The number of nitrogens with zero attached hydrogens (tertiary/aromatic N) is 2. The predicted molar refractivity (Wildman–Crippen MR) is 80.1 cm³/mol. The summed E-state index contributed by atoms with van der Waals surface area (Å²) in [4.78, 5) is 27.3. The highest BCUT2D eigenvalue weighted by molar-refractivity contribution is 5.75. The van der Waals surface area contributed by atoms with Crippen LogP contribution in [0.3, 0.4) is 0 Å². The Bertz CT molecular complexity index is 370. The highest BCUT2D eigenvalue weighted by atomic mass is 16.6. The lowest BCUT2D eigenvalue weighted by Crippen LogP contribution is -2.50. The molecule has 1 fully saturated rings. The molecule has 21 heavy (non-hydrogen) atoms. The van der Waals surface area contributed by atoms with Gasteiger partial charge < -0.3 is 14.4 Å². The van der Waals surface area contributed by atoms with E-state index in [1.54, 1.807) is 11.9 Å². The van der Waals surface area contributed by atoms with Crippen molar-refractivity contribution in [3.05, 3.63) is 0 Å². The number of carbonyl (C=O) groups excluding carboxylic acids is 2. The quantitative estimate of drug-likeness (QED) is 0.745. The molecule has 0 aromatic carbocycles. The summed E-state index contributed by atoms with van der Waals surface area (Å²) in [6.07, 6.45) is 1.37. The zero-order chi connectivity index (χ0) is 16.2. The third kappa shape index (κ3) is 5.19. The highest BCUT2D eigenvalue weighted by Gasteiger charge is 2.31. The molecule has 0 N–H and O–H groups in total. The van der Waals surface area contributed by atoms with Crippen LogP contribution in [0.2, 0.25) is 0 Å². The Morgan fingerprint density at radius 2 is 1.76 bits per heavy atom. The van der Waals surface area contributed by atoms with E-state index in [0.717, 1.165) is 25.9 Å². The maximum Gasteiger partial charge on any atom is 0.410 e. The van der Waals surface area contributed by atoms with Crippen LogP contribution in [0.1, 0.15) is 40.5 Å². The van der Waals surface area contributed by atoms with Gasteiger partial charge in [0.25, 0.3) is 0 Å². The molecule has 0 aliphatic carbocycles. The van der Waals surface area contributed by atoms with E-state index in [-0.39, 0.29) is 24.1 Å². The standard InChI is InChI=1S/C15H28N2O4/c1-11(13(18)20-6)17-9-7-12(8-10-17)16(5)14(19)21-15(2,3)4/h11-12H,7-10H2,1-6H3/t11-/m1/s1. The Kier molecular flexibility index (Phi) is 6.01. The SMILES string of the molecule is COC(=O)[C@@H](C)N1CCC(N(C)C(=O)OC(C)(C)C)CC1. The number of likely N-dealkylation sites (tertiary alicyclic amines) is 1. The minimum absolute atomic E-state index is 0.154. The van der Waals surface area contributed by atoms with Gasteiger partial charge in [-0.15, -0.1) is 0 Å². The molecule has 6 nitrogen and oxygen atoms in total. The summed E-state index contributed by atoms with van der Waals surface area (Å²) in [6.45, 7) is 8.98. The molecular formula is C15H28N2O4. The number of hydrogen-bond acceptors (Lipinski definition) is 5. The van der Waals surface area contributed by atoms with Gasteiger partial charge in [0.05, 0.1) is 7.11 Å². The first-order valence-electron chi connectivity index (χ1n) is 7.43. The van der Waals surface area contributed by atoms with Crippen molar-refractivity contribution in [2.75, 3.05) is 27.2 Å². The maximum absolute atomic E-state index is 12.0. The molecule has 0 bridgehead atoms. The molecule has 0 aromatic rings. The zero-order valence-electron chi connectivity index (χ0n) is 14.0. The van der Waals surface area contributed by atoms with Crippen LogP contribution in [0, 0.1) is 0 Å². The van der Waals surface area contributed by atoms with Crippen LogP contribution in [0.5, 0.6) is 0 Å². The number of rotatable bonds is 3. The lowest BCUT2D eigenvalue weighted by Gasteiger charge is -2.38. The van der Waals surface area contributed by atoms with Gasteiger partial charge in [-0.3, -0.25) is 9.69 Å². The number of methoxy groups -OCH3 is 1. The Morgan fingerprint density at radius 1 is 1.24 bits per heavy atom. The average molecular weight is 300 g/mol. The largest absolute Gasteiger partial charge is 0.468 e. The molecule has 122 valence electrons. The third-order valence-corrected chi connectivity index (χ3v) is 3.82. The first kappa shape index (κ1) is 17.8. The normalized spacial score (nSPS) is 19.0. The molecule has 0 saturated carbocycles. The van der Waals surface area contributed by atoms with Gasteiger partial charge in [0, 0.05) is 26.2 Å². The van der Waals surface area contributed by atoms with Gasteiger partial charge in [-0.25, -0.2) is 4.79 Å². The van der Waals surface area contributed by atoms with E-state index in [2.05, 4.69) is 4.90 Å². The monoisotopic (exact) mass is 300 g/mol. The molecule has 1 aliphatic rings. The molecule has 0 spiro atoms. The molecular weight excluding hydrogens is 272 g/mol. The van der Waals surface area contributed by atoms with E-state index in [1.165, 1.54) is 7.11 Å². The lowest BCUT2D eigenvalue weighted by molar-refractivity contribution is -0.146. The molecule has 1 saturated heterocycles. The molecule has 6 heteroatoms. The van der Waals surface area contributed by atoms with Crippen LogP contribution in [0.4, 0.5) is 4.79 Å². The van der Waals surface area contributed by atoms with Gasteiger partial charge in [0.15, 0.2) is 0 Å². The van der Waals surface area contributed by atoms with Crippen LogP contribution in [0.25, 0.3) is 0 Å². The van der Waals surface area contributed by atoms with E-state index in [9.17, 15) is 9.59 Å². The Labute approximate surface area is 127 Å². The van der Waals surface area contributed by atoms with Crippen LogP contribution in [0.15, 0.2) is 0 Å². The first-order chi connectivity index (χ1) is 9.65. The van der Waals surface area contributed by atoms with Gasteiger partial charge in [-0.1, -0.05) is 0 Å². The van der Waals surface area contributed by atoms with Crippen LogP contribution in [-0.2, 0) is 14.3 Å². The number of carbonyl (C=O) groups is 2. The van der Waals surface area contributed by atoms with Crippen molar-refractivity contribution in [1.29, 1.82) is 0 Å². The molecule has 1 rings (SSSR count). The van der Waals surface area contributed by atoms with E-state index in [0.29, 0.717) is 0 Å². The Morgan fingerprint density at radius 3 is 2.19 bits per heavy atom. The summed E-state index contributed by atoms with van der Waals surface area (Å²) in [5, 5.41) is 0. The highest BCUT2D eigenvalue weighted by Crippen LogP contribution is 2.20. The Balaban J connectivity index is 2.49. The van der Waals surface area contributed by atoms with Crippen molar-refractivity contribution in [3.63, 3.8) is 0 Å². The minimum Gasteiger partial charge on any atom is -0.468 e. The van der Waals surface area contributed by atoms with Gasteiger partial charge in [0.2, 0.25) is 0 Å². The zero-order valence-corrected chi connectivity index (χ0v) is 14.0. The van der Waals surface area contributed by atoms with Gasteiger partial charge in [0.1, 0.15) is 11.6 Å². The fourth-order valence-electron chi connectivity index (χ4n) is 2.46. The summed E-state index contributed by atoms with van der Waals surface area (Å²) in [6, 6.07) is -0.0799. The number of amides is 1. The lowest BCUT2D eigenvalue weighted by atomic mass is 10.0. The molecule has 0 radical (unpaired) electrons. The molecule has 1 atom stereocenters. The molecule has 1 aliphatic heterocycles. The second kappa shape index (κ2) is 7.11. The van der Waals surface area contributed by atoms with Crippen LogP contribution < -0.4 is 0 Å². The van der Waals surface area contributed by atoms with Gasteiger partial charge in [-0.2, -0.15) is 0 Å². The van der Waals surface area contributed by atoms with Gasteiger partial charge >= 0.3 is 12.1 Å². The van der Waals surface area contributed by atoms with Crippen molar-refractivity contribution in [3.8, 4) is 0 Å². The summed E-state index contributed by atoms with van der Waals surface area (Å²) in [5.41, 5.74) is -0.481. The summed E-state index contributed by atoms with van der Waals surface area (Å²) < 4.78 is 10.1. The summed E-state index contributed by atoms with van der Waals surface area (Å²) in [7, 11) is 3.18. The molecule has 0 aromatic heterocycles. The number of ether oxygens (including phenoxy) is 2. The number of esters is 1. The predicted octanol–water partition coefficient (Wildman–Crippen LogP) is 1.88. The fraction of sp³-hybridized carbons (Fsp3) is 0.867. The second-order valence-electron chi connectivity index (χ2n) is 6.56. The van der Waals surface area contributed by atoms with E-state index >= 15 is 0 Å². The fourth-order valence-corrected chi connectivity index (χ4v) is 2.46. The first-order valence-corrected chi connectivity index (χ1v) is 7.43. The van der Waals surface area contributed by atoms with Gasteiger partial charge in [-0.05, 0) is 40.5 Å². The third-order valence-electron chi connectivity index (χ3n) is 3.82. The number of hydrogen-bond donors (Lipinski definition) is 0. The average Bonchev–Trinajstić information content (AvgIpc) is 2.43. The van der Waals surface area contributed by atoms with Crippen LogP contribution >= 0.6 is 0 Å². The van der Waals surface area contributed by atoms with E-state index in [4.69, 9.17) is 9.47 Å². The molecule has 0 unspecified atom stereocenters. The smallest absolute Gasteiger partial charge is 0.410 e. The molecule has 1 amide bonds. The van der Waals surface area contributed by atoms with Crippen molar-refractivity contribution in [1.82, 2.24) is 9.80 Å². The van der Waals surface area contributed by atoms with Crippen molar-refractivity contribution in [2.24, 2.45) is 0 Å². The molecule has 1 heterocycles. The summed E-state index contributed by atoms with van der Waals surface area (Å²) >= 11 is 0. The van der Waals surface area contributed by atoms with E-state index in [1.807, 2.05) is 27.7 Å². The maximum atomic E-state index is 12.0. The second-order valence-corrected chi connectivity index (χ2v) is 6.56. The van der Waals surface area contributed by atoms with Crippen molar-refractivity contribution >= 4 is 12.1 Å². The topological polar surface area (TPSA) is 59.1 Å². The number of piperidine rings is 1.